The predicted octanol–water partition coefficient (Wildman–Crippen LogP) is 4.82. The monoisotopic (exact) mass is 301 g/mol. The van der Waals surface area contributed by atoms with Crippen LogP contribution in [0, 0.1) is 5.82 Å². The first kappa shape index (κ1) is 14.7. The largest absolute Gasteiger partial charge is 0.313 e. The van der Waals surface area contributed by atoms with Crippen LogP contribution in [0.3, 0.4) is 0 Å². The summed E-state index contributed by atoms with van der Waals surface area (Å²) in [6.45, 7) is 2.21. The summed E-state index contributed by atoms with van der Waals surface area (Å²) in [6.07, 6.45) is 6.05. The number of nitrogens with one attached hydrogen (secondary N) is 1. The van der Waals surface area contributed by atoms with E-state index >= 15 is 0 Å². The zero-order valence-corrected chi connectivity index (χ0v) is 12.2. The van der Waals surface area contributed by atoms with Gasteiger partial charge in [0.15, 0.2) is 0 Å². The van der Waals surface area contributed by atoms with E-state index in [4.69, 9.17) is 0 Å². The summed E-state index contributed by atoms with van der Waals surface area (Å²) in [7, 11) is 1.93. The molecule has 0 aliphatic heterocycles. The molecule has 17 heavy (non-hydrogen) atoms. The Labute approximate surface area is 112 Å². The van der Waals surface area contributed by atoms with Crippen molar-refractivity contribution >= 4 is 15.9 Å². The van der Waals surface area contributed by atoms with Crippen LogP contribution in [-0.2, 0) is 0 Å². The lowest BCUT2D eigenvalue weighted by molar-refractivity contribution is 0.501. The van der Waals surface area contributed by atoms with Crippen molar-refractivity contribution in [3.8, 4) is 0 Å². The fraction of sp³-hybridized carbons (Fsp3) is 0.571. The summed E-state index contributed by atoms with van der Waals surface area (Å²) in [5, 5.41) is 3.26. The lowest BCUT2D eigenvalue weighted by Gasteiger charge is -2.16. The van der Waals surface area contributed by atoms with Crippen LogP contribution in [0.1, 0.15) is 50.6 Å². The molecule has 0 radical (unpaired) electrons. The molecule has 1 aromatic carbocycles. The molecule has 0 amide bonds. The zero-order chi connectivity index (χ0) is 12.7. The van der Waals surface area contributed by atoms with Gasteiger partial charge >= 0.3 is 0 Å². The highest BCUT2D eigenvalue weighted by atomic mass is 79.9. The van der Waals surface area contributed by atoms with E-state index in [2.05, 4.69) is 28.2 Å². The molecule has 1 atom stereocenters. The van der Waals surface area contributed by atoms with E-state index in [0.29, 0.717) is 4.47 Å². The molecule has 0 aromatic heterocycles. The van der Waals surface area contributed by atoms with Gasteiger partial charge in [-0.05, 0) is 47.1 Å². The van der Waals surface area contributed by atoms with Gasteiger partial charge in [0.25, 0.3) is 0 Å². The highest BCUT2D eigenvalue weighted by Crippen LogP contribution is 2.24. The molecule has 1 rings (SSSR count). The van der Waals surface area contributed by atoms with Crippen molar-refractivity contribution < 1.29 is 4.39 Å². The topological polar surface area (TPSA) is 12.0 Å². The molecule has 1 unspecified atom stereocenters. The molecule has 0 aliphatic carbocycles. The zero-order valence-electron chi connectivity index (χ0n) is 10.6. The number of halogens is 2. The van der Waals surface area contributed by atoms with Crippen LogP contribution in [0.15, 0.2) is 22.7 Å². The maximum Gasteiger partial charge on any atom is 0.137 e. The molecule has 0 bridgehead atoms. The maximum absolute atomic E-state index is 13.4. The van der Waals surface area contributed by atoms with Gasteiger partial charge in [-0.2, -0.15) is 0 Å². The Kier molecular flexibility index (Phi) is 6.75. The molecule has 0 saturated heterocycles. The molecular weight excluding hydrogens is 281 g/mol. The van der Waals surface area contributed by atoms with Crippen molar-refractivity contribution in [2.45, 2.75) is 45.1 Å². The van der Waals surface area contributed by atoms with Gasteiger partial charge in [-0.15, -0.1) is 0 Å². The minimum absolute atomic E-state index is 0.184. The van der Waals surface area contributed by atoms with Crippen molar-refractivity contribution in [1.82, 2.24) is 5.32 Å². The highest BCUT2D eigenvalue weighted by Gasteiger charge is 2.10. The molecule has 0 heterocycles. The van der Waals surface area contributed by atoms with Crippen LogP contribution in [0.4, 0.5) is 4.39 Å². The fourth-order valence-corrected chi connectivity index (χ4v) is 2.23. The third kappa shape index (κ3) is 4.76. The van der Waals surface area contributed by atoms with Gasteiger partial charge in [-0.25, -0.2) is 4.39 Å². The first-order valence-electron chi connectivity index (χ1n) is 6.31. The summed E-state index contributed by atoms with van der Waals surface area (Å²) in [5.74, 6) is -0.184. The Morgan fingerprint density at radius 3 is 2.65 bits per heavy atom. The SMILES string of the molecule is CCCCCCC(NC)c1ccc(Br)c(F)c1. The smallest absolute Gasteiger partial charge is 0.137 e. The molecule has 0 saturated carbocycles. The van der Waals surface area contributed by atoms with Gasteiger partial charge in [0.2, 0.25) is 0 Å². The first-order valence-corrected chi connectivity index (χ1v) is 7.10. The van der Waals surface area contributed by atoms with Gasteiger partial charge in [0.1, 0.15) is 5.82 Å². The summed E-state index contributed by atoms with van der Waals surface area (Å²) in [6, 6.07) is 5.63. The Balaban J connectivity index is 2.56. The van der Waals surface area contributed by atoms with Crippen LogP contribution < -0.4 is 5.32 Å². The third-order valence-corrected chi connectivity index (χ3v) is 3.68. The van der Waals surface area contributed by atoms with Crippen molar-refractivity contribution in [3.05, 3.63) is 34.1 Å². The van der Waals surface area contributed by atoms with Crippen LogP contribution in [0.5, 0.6) is 0 Å². The molecule has 1 N–H and O–H groups in total. The van der Waals surface area contributed by atoms with Crippen molar-refractivity contribution in [3.63, 3.8) is 0 Å². The minimum atomic E-state index is -0.184. The van der Waals surface area contributed by atoms with Gasteiger partial charge in [0.05, 0.1) is 4.47 Å². The maximum atomic E-state index is 13.4. The summed E-state index contributed by atoms with van der Waals surface area (Å²) in [4.78, 5) is 0. The van der Waals surface area contributed by atoms with Gasteiger partial charge in [-0.3, -0.25) is 0 Å². The van der Waals surface area contributed by atoms with Crippen molar-refractivity contribution in [2.24, 2.45) is 0 Å². The predicted molar refractivity (Wildman–Crippen MR) is 74.7 cm³/mol. The Hall–Kier alpha value is -0.410. The molecule has 0 aliphatic rings. The summed E-state index contributed by atoms with van der Waals surface area (Å²) in [5.41, 5.74) is 1.03. The van der Waals surface area contributed by atoms with E-state index in [0.717, 1.165) is 12.0 Å². The lowest BCUT2D eigenvalue weighted by Crippen LogP contribution is -2.16. The molecule has 3 heteroatoms. The summed E-state index contributed by atoms with van der Waals surface area (Å²) < 4.78 is 14.0. The number of unbranched alkanes of at least 4 members (excludes halogenated alkanes) is 3. The number of hydrogen-bond donors (Lipinski definition) is 1. The van der Waals surface area contributed by atoms with Crippen LogP contribution in [0.25, 0.3) is 0 Å². The summed E-state index contributed by atoms with van der Waals surface area (Å²) >= 11 is 3.18. The normalized spacial score (nSPS) is 12.7. The number of benzene rings is 1. The van der Waals surface area contributed by atoms with Crippen molar-refractivity contribution in [1.29, 1.82) is 0 Å². The second-order valence-electron chi connectivity index (χ2n) is 4.36. The van der Waals surface area contributed by atoms with Gasteiger partial charge in [-0.1, -0.05) is 38.7 Å². The van der Waals surface area contributed by atoms with E-state index in [1.54, 1.807) is 12.1 Å². The average molecular weight is 302 g/mol. The van der Waals surface area contributed by atoms with Crippen LogP contribution >= 0.6 is 15.9 Å². The number of rotatable bonds is 7. The quantitative estimate of drug-likeness (QED) is 0.712. The lowest BCUT2D eigenvalue weighted by atomic mass is 10.00. The molecule has 96 valence electrons. The highest BCUT2D eigenvalue weighted by molar-refractivity contribution is 9.10. The fourth-order valence-electron chi connectivity index (χ4n) is 1.98. The van der Waals surface area contributed by atoms with E-state index in [9.17, 15) is 4.39 Å². The minimum Gasteiger partial charge on any atom is -0.313 e. The van der Waals surface area contributed by atoms with Crippen molar-refractivity contribution in [2.75, 3.05) is 7.05 Å². The Morgan fingerprint density at radius 1 is 1.29 bits per heavy atom. The van der Waals surface area contributed by atoms with Crippen LogP contribution in [0.2, 0.25) is 0 Å². The molecular formula is C14H21BrFN. The first-order chi connectivity index (χ1) is 8.19. The molecule has 1 nitrogen and oxygen atoms in total. The van der Waals surface area contributed by atoms with E-state index in [1.165, 1.54) is 25.7 Å². The van der Waals surface area contributed by atoms with E-state index in [1.807, 2.05) is 13.1 Å². The van der Waals surface area contributed by atoms with E-state index in [-0.39, 0.29) is 11.9 Å². The second-order valence-corrected chi connectivity index (χ2v) is 5.22. The standard InChI is InChI=1S/C14H21BrFN/c1-3-4-5-6-7-14(17-2)11-8-9-12(15)13(16)10-11/h8-10,14,17H,3-7H2,1-2H3. The molecule has 0 spiro atoms. The third-order valence-electron chi connectivity index (χ3n) is 3.04. The Bertz CT molecular complexity index is 341. The average Bonchev–Trinajstić information content (AvgIpc) is 2.33. The molecule has 1 aromatic rings. The number of hydrogen-bond acceptors (Lipinski definition) is 1. The second kappa shape index (κ2) is 7.83. The van der Waals surface area contributed by atoms with Crippen LogP contribution in [-0.4, -0.2) is 7.05 Å². The Morgan fingerprint density at radius 2 is 2.06 bits per heavy atom. The molecule has 0 fully saturated rings. The van der Waals surface area contributed by atoms with E-state index < -0.39 is 0 Å². The van der Waals surface area contributed by atoms with Gasteiger partial charge < -0.3 is 5.32 Å². The van der Waals surface area contributed by atoms with Gasteiger partial charge in [0, 0.05) is 6.04 Å².